The van der Waals surface area contributed by atoms with Gasteiger partial charge in [0.1, 0.15) is 5.50 Å². The van der Waals surface area contributed by atoms with E-state index in [0.29, 0.717) is 17.2 Å². The van der Waals surface area contributed by atoms with Gasteiger partial charge in [0, 0.05) is 41.0 Å². The fourth-order valence-corrected chi connectivity index (χ4v) is 5.38. The molecule has 4 unspecified atom stereocenters. The molecule has 1 aromatic carbocycles. The number of amides is 1. The zero-order valence-electron chi connectivity index (χ0n) is 16.3. The molecule has 4 rings (SSSR count). The van der Waals surface area contributed by atoms with Crippen LogP contribution in [0.15, 0.2) is 35.5 Å². The lowest BCUT2D eigenvalue weighted by Crippen LogP contribution is -2.68. The third-order valence-corrected chi connectivity index (χ3v) is 6.66. The van der Waals surface area contributed by atoms with Crippen molar-refractivity contribution in [2.75, 3.05) is 0 Å². The van der Waals surface area contributed by atoms with E-state index in [0.717, 1.165) is 24.1 Å². The summed E-state index contributed by atoms with van der Waals surface area (Å²) in [5.74, 6) is -1.01. The van der Waals surface area contributed by atoms with Crippen molar-refractivity contribution in [2.24, 2.45) is 5.92 Å². The monoisotopic (exact) mass is 416 g/mol. The Bertz CT molecular complexity index is 883. The first-order valence-corrected chi connectivity index (χ1v) is 10.8. The van der Waals surface area contributed by atoms with E-state index in [9.17, 15) is 19.7 Å². The second-order valence-corrected chi connectivity index (χ2v) is 9.57. The Morgan fingerprint density at radius 3 is 2.52 bits per heavy atom. The van der Waals surface area contributed by atoms with E-state index in [1.807, 2.05) is 0 Å². The van der Waals surface area contributed by atoms with Gasteiger partial charge in [-0.1, -0.05) is 26.0 Å². The average molecular weight is 417 g/mol. The van der Waals surface area contributed by atoms with E-state index in [1.165, 1.54) is 12.1 Å². The molecule has 3 aliphatic rings. The molecule has 1 fully saturated rings. The number of nitrogens with zero attached hydrogens (tertiary/aromatic N) is 1. The second kappa shape index (κ2) is 7.79. The number of hydrogen-bond acceptors (Lipinski definition) is 7. The zero-order valence-corrected chi connectivity index (χ0v) is 17.1. The number of thioether (sulfide) groups is 1. The van der Waals surface area contributed by atoms with E-state index >= 15 is 0 Å². The van der Waals surface area contributed by atoms with Gasteiger partial charge in [0.25, 0.3) is 5.69 Å². The van der Waals surface area contributed by atoms with Gasteiger partial charge in [-0.3, -0.25) is 25.0 Å². The summed E-state index contributed by atoms with van der Waals surface area (Å²) in [5, 5.41) is 21.3. The van der Waals surface area contributed by atoms with Crippen LogP contribution in [-0.2, 0) is 9.59 Å². The lowest BCUT2D eigenvalue weighted by Gasteiger charge is -2.47. The highest BCUT2D eigenvalue weighted by Gasteiger charge is 2.49. The van der Waals surface area contributed by atoms with Gasteiger partial charge in [-0.05, 0) is 18.4 Å². The molecule has 4 atom stereocenters. The van der Waals surface area contributed by atoms with Gasteiger partial charge in [-0.25, -0.2) is 0 Å². The van der Waals surface area contributed by atoms with E-state index in [4.69, 9.17) is 0 Å². The first kappa shape index (κ1) is 19.9. The normalized spacial score (nSPS) is 29.1. The third-order valence-electron chi connectivity index (χ3n) is 5.59. The first-order valence-electron chi connectivity index (χ1n) is 9.84. The lowest BCUT2D eigenvalue weighted by atomic mass is 9.70. The highest BCUT2D eigenvalue weighted by molar-refractivity contribution is 8.00. The molecule has 0 aromatic heterocycles. The Morgan fingerprint density at radius 1 is 1.14 bits per heavy atom. The maximum absolute atomic E-state index is 13.1. The van der Waals surface area contributed by atoms with Crippen molar-refractivity contribution in [1.82, 2.24) is 16.0 Å². The summed E-state index contributed by atoms with van der Waals surface area (Å²) in [6, 6.07) is 6.21. The number of non-ortho nitro benzene ring substituents is 1. The first-order chi connectivity index (χ1) is 13.8. The quantitative estimate of drug-likeness (QED) is 0.510. The summed E-state index contributed by atoms with van der Waals surface area (Å²) in [5.41, 5.74) is 2.07. The topological polar surface area (TPSA) is 113 Å². The molecule has 1 aliphatic carbocycles. The van der Waals surface area contributed by atoms with E-state index < -0.39 is 16.8 Å². The van der Waals surface area contributed by atoms with Gasteiger partial charge >= 0.3 is 0 Å². The van der Waals surface area contributed by atoms with Gasteiger partial charge < -0.3 is 10.6 Å². The zero-order chi connectivity index (χ0) is 20.7. The van der Waals surface area contributed by atoms with Gasteiger partial charge in [0.05, 0.1) is 17.0 Å². The minimum atomic E-state index is -0.513. The number of carbonyl (C=O) groups is 2. The molecule has 0 spiro atoms. The highest BCUT2D eigenvalue weighted by atomic mass is 32.2. The number of benzene rings is 1. The second-order valence-electron chi connectivity index (χ2n) is 7.88. The number of carbonyl (C=O) groups excluding carboxylic acids is 2. The Hall–Kier alpha value is -2.39. The molecule has 9 heteroatoms. The molecule has 1 amide bonds. The molecule has 2 heterocycles. The SMILES string of the molecule is CC(C)SC1NC(=O)C2C(NC3=C(C(=O)CCC3)C2c2ccc([N+](=O)[O-])cc2)N1. The maximum atomic E-state index is 13.1. The van der Waals surface area contributed by atoms with Crippen LogP contribution >= 0.6 is 11.8 Å². The van der Waals surface area contributed by atoms with Crippen LogP contribution in [0.25, 0.3) is 0 Å². The Balaban J connectivity index is 1.74. The minimum Gasteiger partial charge on any atom is -0.372 e. The Kier molecular flexibility index (Phi) is 5.35. The summed E-state index contributed by atoms with van der Waals surface area (Å²) in [7, 11) is 0. The molecule has 1 aromatic rings. The van der Waals surface area contributed by atoms with E-state index in [-0.39, 0.29) is 29.0 Å². The fraction of sp³-hybridized carbons (Fsp3) is 0.500. The van der Waals surface area contributed by atoms with Crippen LogP contribution in [0.2, 0.25) is 0 Å². The number of fused-ring (bicyclic) bond motifs is 1. The van der Waals surface area contributed by atoms with Crippen molar-refractivity contribution in [1.29, 1.82) is 0 Å². The minimum absolute atomic E-state index is 0.0111. The molecule has 0 saturated carbocycles. The number of Topliss-reactive ketones (excluding diaryl/α,β-unsaturated/α-hetero) is 1. The van der Waals surface area contributed by atoms with Crippen LogP contribution in [0.4, 0.5) is 5.69 Å². The van der Waals surface area contributed by atoms with Crippen LogP contribution in [0.1, 0.15) is 44.6 Å². The van der Waals surface area contributed by atoms with Crippen LogP contribution in [-0.4, -0.2) is 33.5 Å². The van der Waals surface area contributed by atoms with Gasteiger partial charge in [0.15, 0.2) is 5.78 Å². The van der Waals surface area contributed by atoms with Gasteiger partial charge in [-0.2, -0.15) is 0 Å². The van der Waals surface area contributed by atoms with Crippen molar-refractivity contribution in [3.05, 3.63) is 51.2 Å². The molecule has 8 nitrogen and oxygen atoms in total. The Labute approximate surface area is 173 Å². The van der Waals surface area contributed by atoms with Gasteiger partial charge in [0.2, 0.25) is 5.91 Å². The summed E-state index contributed by atoms with van der Waals surface area (Å²) >= 11 is 1.63. The molecule has 3 N–H and O–H groups in total. The number of allylic oxidation sites excluding steroid dienone is 2. The average Bonchev–Trinajstić information content (AvgIpc) is 2.66. The van der Waals surface area contributed by atoms with Crippen molar-refractivity contribution in [3.8, 4) is 0 Å². The summed E-state index contributed by atoms with van der Waals surface area (Å²) in [4.78, 5) is 36.5. The van der Waals surface area contributed by atoms with Crippen molar-refractivity contribution < 1.29 is 14.5 Å². The predicted molar refractivity (Wildman–Crippen MR) is 110 cm³/mol. The van der Waals surface area contributed by atoms with Crippen molar-refractivity contribution >= 4 is 29.1 Å². The number of rotatable bonds is 4. The van der Waals surface area contributed by atoms with E-state index in [1.54, 1.807) is 23.9 Å². The summed E-state index contributed by atoms with van der Waals surface area (Å²) in [6.07, 6.45) is 1.71. The standard InChI is InChI=1S/C20H24N4O4S/c1-10(2)29-20-22-18-17(19(26)23-20)15(11-6-8-12(9-7-11)24(27)28)16-13(21-18)4-3-5-14(16)25/h6-10,15,17-18,20-22H,3-5H2,1-2H3,(H,23,26). The number of ketones is 1. The molecule has 1 saturated heterocycles. The molecule has 154 valence electrons. The number of nitro groups is 1. The predicted octanol–water partition coefficient (Wildman–Crippen LogP) is 2.38. The molecule has 0 bridgehead atoms. The lowest BCUT2D eigenvalue weighted by molar-refractivity contribution is -0.384. The molecule has 29 heavy (non-hydrogen) atoms. The molecular weight excluding hydrogens is 392 g/mol. The number of hydrogen-bond donors (Lipinski definition) is 3. The number of nitro benzene ring substituents is 1. The fourth-order valence-electron chi connectivity index (χ4n) is 4.43. The smallest absolute Gasteiger partial charge is 0.269 e. The van der Waals surface area contributed by atoms with Crippen LogP contribution in [0, 0.1) is 16.0 Å². The largest absolute Gasteiger partial charge is 0.372 e. The van der Waals surface area contributed by atoms with Crippen molar-refractivity contribution in [2.45, 2.75) is 55.9 Å². The van der Waals surface area contributed by atoms with Crippen LogP contribution in [0.5, 0.6) is 0 Å². The maximum Gasteiger partial charge on any atom is 0.269 e. The van der Waals surface area contributed by atoms with E-state index in [2.05, 4.69) is 29.8 Å². The third kappa shape index (κ3) is 3.76. The molecule has 2 aliphatic heterocycles. The van der Waals surface area contributed by atoms with Crippen molar-refractivity contribution in [3.63, 3.8) is 0 Å². The van der Waals surface area contributed by atoms with Crippen LogP contribution < -0.4 is 16.0 Å². The molecular formula is C20H24N4O4S. The Morgan fingerprint density at radius 2 is 1.86 bits per heavy atom. The van der Waals surface area contributed by atoms with Crippen LogP contribution in [0.3, 0.4) is 0 Å². The molecule has 0 radical (unpaired) electrons. The summed E-state index contributed by atoms with van der Waals surface area (Å²) in [6.45, 7) is 4.14. The summed E-state index contributed by atoms with van der Waals surface area (Å²) < 4.78 is 0. The number of nitrogens with one attached hydrogen (secondary N) is 3. The van der Waals surface area contributed by atoms with Gasteiger partial charge in [-0.15, -0.1) is 11.8 Å². The highest BCUT2D eigenvalue weighted by Crippen LogP contribution is 2.44.